The van der Waals surface area contributed by atoms with Crippen LogP contribution < -0.4 is 31.7 Å². The molecule has 4 amide bonds. The van der Waals surface area contributed by atoms with Gasteiger partial charge in [-0.15, -0.1) is 0 Å². The number of nitrogens with one attached hydrogen (secondary N) is 5. The first-order chi connectivity index (χ1) is 26.9. The minimum atomic E-state index is -0.953. The Bertz CT molecular complexity index is 1550. The van der Waals surface area contributed by atoms with Gasteiger partial charge in [-0.05, 0) is 67.7 Å². The van der Waals surface area contributed by atoms with E-state index < -0.39 is 47.9 Å². The number of rotatable bonds is 24. The monoisotopic (exact) mass is 777 g/mol. The lowest BCUT2D eigenvalue weighted by Gasteiger charge is -2.31. The highest BCUT2D eigenvalue weighted by atomic mass is 16.5. The summed E-state index contributed by atoms with van der Waals surface area (Å²) in [7, 11) is 1.24. The van der Waals surface area contributed by atoms with E-state index in [0.717, 1.165) is 36.8 Å². The summed E-state index contributed by atoms with van der Waals surface area (Å²) in [5.74, 6) is -1.73. The number of methoxy groups -OCH3 is 1. The molecule has 7 N–H and O–H groups in total. The zero-order valence-corrected chi connectivity index (χ0v) is 33.6. The molecular formula is C42H63N7O7. The van der Waals surface area contributed by atoms with E-state index in [0.29, 0.717) is 64.0 Å². The number of nitrogens with two attached hydrogens (primary N) is 1. The largest absolute Gasteiger partial charge is 0.489 e. The number of guanidine groups is 1. The van der Waals surface area contributed by atoms with Gasteiger partial charge in [0.1, 0.15) is 36.5 Å². The fraction of sp³-hybridized carbons (Fsp3) is 0.571. The van der Waals surface area contributed by atoms with E-state index in [1.165, 1.54) is 12.0 Å². The van der Waals surface area contributed by atoms with Crippen molar-refractivity contribution in [3.63, 3.8) is 0 Å². The molecule has 1 heterocycles. The zero-order valence-electron chi connectivity index (χ0n) is 33.6. The first-order valence-electron chi connectivity index (χ1n) is 20.0. The molecule has 1 saturated heterocycles. The molecule has 1 aliphatic rings. The average Bonchev–Trinajstić information content (AvgIpc) is 3.68. The van der Waals surface area contributed by atoms with Crippen molar-refractivity contribution in [2.45, 2.75) is 129 Å². The smallest absolute Gasteiger partial charge is 0.328 e. The predicted octanol–water partition coefficient (Wildman–Crippen LogP) is 4.10. The summed E-state index contributed by atoms with van der Waals surface area (Å²) in [5, 5.41) is 18.6. The van der Waals surface area contributed by atoms with E-state index in [9.17, 15) is 24.0 Å². The van der Waals surface area contributed by atoms with Crippen LogP contribution in [0.1, 0.15) is 103 Å². The van der Waals surface area contributed by atoms with Crippen LogP contribution in [0.3, 0.4) is 0 Å². The maximum Gasteiger partial charge on any atom is 0.328 e. The van der Waals surface area contributed by atoms with Gasteiger partial charge in [-0.1, -0.05) is 88.9 Å². The Morgan fingerprint density at radius 1 is 0.875 bits per heavy atom. The summed E-state index contributed by atoms with van der Waals surface area (Å²) in [6.07, 6.45) is 7.31. The third-order valence-corrected chi connectivity index (χ3v) is 9.72. The number of esters is 1. The second-order valence-corrected chi connectivity index (χ2v) is 14.9. The minimum absolute atomic E-state index is 0.0195. The van der Waals surface area contributed by atoms with Gasteiger partial charge in [0.15, 0.2) is 5.96 Å². The number of hydrogen-bond acceptors (Lipinski definition) is 8. The molecule has 56 heavy (non-hydrogen) atoms. The maximum atomic E-state index is 14.2. The highest BCUT2D eigenvalue weighted by Gasteiger charge is 2.39. The van der Waals surface area contributed by atoms with Crippen LogP contribution in [0.15, 0.2) is 54.6 Å². The van der Waals surface area contributed by atoms with Crippen LogP contribution >= 0.6 is 0 Å². The summed E-state index contributed by atoms with van der Waals surface area (Å²) in [6.45, 7) is 7.08. The van der Waals surface area contributed by atoms with Gasteiger partial charge in [-0.2, -0.15) is 0 Å². The van der Waals surface area contributed by atoms with Gasteiger partial charge >= 0.3 is 5.97 Å². The van der Waals surface area contributed by atoms with Crippen LogP contribution in [-0.4, -0.2) is 84.8 Å². The van der Waals surface area contributed by atoms with Gasteiger partial charge < -0.3 is 41.4 Å². The molecule has 308 valence electrons. The van der Waals surface area contributed by atoms with Crippen LogP contribution in [-0.2, 0) is 41.7 Å². The lowest BCUT2D eigenvalue weighted by Crippen LogP contribution is -2.58. The number of amides is 4. The molecule has 14 heteroatoms. The van der Waals surface area contributed by atoms with Crippen LogP contribution in [0.5, 0.6) is 5.75 Å². The molecule has 3 rings (SSSR count). The maximum absolute atomic E-state index is 14.2. The second kappa shape index (κ2) is 24.4. The molecule has 0 aliphatic carbocycles. The van der Waals surface area contributed by atoms with Crippen molar-refractivity contribution in [1.82, 2.24) is 26.2 Å². The van der Waals surface area contributed by atoms with Gasteiger partial charge in [-0.3, -0.25) is 24.6 Å². The summed E-state index contributed by atoms with van der Waals surface area (Å²) >= 11 is 0. The van der Waals surface area contributed by atoms with Crippen molar-refractivity contribution >= 4 is 35.6 Å². The third kappa shape index (κ3) is 15.9. The number of carbonyl (C=O) groups is 5. The normalized spacial score (nSPS) is 15.3. The molecule has 0 aromatic heterocycles. The Morgan fingerprint density at radius 2 is 1.59 bits per heavy atom. The fourth-order valence-corrected chi connectivity index (χ4v) is 6.72. The number of carbonyl (C=O) groups excluding carboxylic acids is 5. The highest BCUT2D eigenvalue weighted by Crippen LogP contribution is 2.22. The molecule has 4 atom stereocenters. The summed E-state index contributed by atoms with van der Waals surface area (Å²) in [4.78, 5) is 69.1. The van der Waals surface area contributed by atoms with Crippen molar-refractivity contribution in [3.8, 4) is 5.75 Å². The average molecular weight is 778 g/mol. The highest BCUT2D eigenvalue weighted by molar-refractivity contribution is 5.95. The summed E-state index contributed by atoms with van der Waals surface area (Å²) in [6, 6.07) is 13.5. The summed E-state index contributed by atoms with van der Waals surface area (Å²) in [5.41, 5.74) is 7.19. The number of unbranched alkanes of at least 4 members (excludes halogenated alkanes) is 4. The SMILES string of the molecule is CCCCCCCC(=O)N[C@@H](Cc1ccc(OCc2ccccc2)cc1)C(=O)N[C@@H](CC(C)C)C(=O)N1CCC[C@H]1C(=O)N[C@H](CCCNC(=N)N)C(=O)OC. The van der Waals surface area contributed by atoms with E-state index >= 15 is 0 Å². The molecule has 0 bridgehead atoms. The van der Waals surface area contributed by atoms with Gasteiger partial charge in [0.05, 0.1) is 7.11 Å². The molecule has 0 radical (unpaired) electrons. The Hall–Kier alpha value is -5.14. The van der Waals surface area contributed by atoms with Crippen molar-refractivity contribution in [2.75, 3.05) is 20.2 Å². The molecule has 0 unspecified atom stereocenters. The quantitative estimate of drug-likeness (QED) is 0.0393. The van der Waals surface area contributed by atoms with E-state index in [2.05, 4.69) is 28.2 Å². The van der Waals surface area contributed by atoms with Crippen molar-refractivity contribution < 1.29 is 33.4 Å². The fourth-order valence-electron chi connectivity index (χ4n) is 6.72. The number of ether oxygens (including phenoxy) is 2. The number of nitrogens with zero attached hydrogens (tertiary/aromatic N) is 1. The lowest BCUT2D eigenvalue weighted by atomic mass is 10.00. The number of likely N-dealkylation sites (tertiary alicyclic amines) is 1. The minimum Gasteiger partial charge on any atom is -0.489 e. The van der Waals surface area contributed by atoms with E-state index in [4.69, 9.17) is 20.6 Å². The predicted molar refractivity (Wildman–Crippen MR) is 215 cm³/mol. The van der Waals surface area contributed by atoms with Gasteiger partial charge in [-0.25, -0.2) is 4.79 Å². The zero-order chi connectivity index (χ0) is 40.9. The first-order valence-corrected chi connectivity index (χ1v) is 20.0. The van der Waals surface area contributed by atoms with E-state index in [-0.39, 0.29) is 30.6 Å². The molecule has 0 saturated carbocycles. The van der Waals surface area contributed by atoms with Crippen molar-refractivity contribution in [2.24, 2.45) is 11.7 Å². The van der Waals surface area contributed by atoms with Crippen LogP contribution in [0.25, 0.3) is 0 Å². The standard InChI is InChI=1S/C42H63N7O7/c1-5-6-7-8-12-19-37(50)46-34(27-30-20-22-32(23-21-30)56-28-31-15-10-9-11-16-31)38(51)48-35(26-29(2)3)40(53)49-25-14-18-36(49)39(52)47-33(41(54)55-4)17-13-24-45-42(43)44/h9-11,15-16,20-23,29,33-36H,5-8,12-14,17-19,24-28H2,1-4H3,(H,46,50)(H,47,52)(H,48,51)(H4,43,44,45)/t33-,34+,35+,36+/m1/s1. The topological polar surface area (TPSA) is 205 Å². The molecule has 1 fully saturated rings. The van der Waals surface area contributed by atoms with E-state index in [1.807, 2.05) is 68.4 Å². The Morgan fingerprint density at radius 3 is 2.25 bits per heavy atom. The van der Waals surface area contributed by atoms with Crippen molar-refractivity contribution in [1.29, 1.82) is 5.41 Å². The molecule has 14 nitrogen and oxygen atoms in total. The van der Waals surface area contributed by atoms with Gasteiger partial charge in [0.25, 0.3) is 0 Å². The molecule has 1 aliphatic heterocycles. The van der Waals surface area contributed by atoms with E-state index in [1.54, 1.807) is 0 Å². The Labute approximate surface area is 331 Å². The molecule has 0 spiro atoms. The molecular weight excluding hydrogens is 715 g/mol. The van der Waals surface area contributed by atoms with Gasteiger partial charge in [0.2, 0.25) is 23.6 Å². The third-order valence-electron chi connectivity index (χ3n) is 9.72. The summed E-state index contributed by atoms with van der Waals surface area (Å²) < 4.78 is 10.8. The van der Waals surface area contributed by atoms with Crippen LogP contribution in [0.2, 0.25) is 0 Å². The van der Waals surface area contributed by atoms with Crippen molar-refractivity contribution in [3.05, 3.63) is 65.7 Å². The number of hydrogen-bond donors (Lipinski definition) is 6. The van der Waals surface area contributed by atoms with Crippen LogP contribution in [0, 0.1) is 11.3 Å². The van der Waals surface area contributed by atoms with Crippen LogP contribution in [0.4, 0.5) is 0 Å². The Kier molecular flexibility index (Phi) is 19.7. The van der Waals surface area contributed by atoms with Gasteiger partial charge in [0, 0.05) is 25.9 Å². The lowest BCUT2D eigenvalue weighted by molar-refractivity contribution is -0.147. The first kappa shape index (κ1) is 45.3. The Balaban J connectivity index is 1.74. The number of benzene rings is 2. The molecule has 2 aromatic carbocycles. The molecule has 2 aromatic rings. The second-order valence-electron chi connectivity index (χ2n) is 14.9.